The summed E-state index contributed by atoms with van der Waals surface area (Å²) >= 11 is 6.37. The maximum absolute atomic E-state index is 16.3. The molecule has 358 valence electrons. The number of pyridine rings is 1. The van der Waals surface area contributed by atoms with E-state index in [4.69, 9.17) is 16.3 Å². The Labute approximate surface area is 395 Å². The number of hydrogen-bond acceptors (Lipinski definition) is 10. The Morgan fingerprint density at radius 1 is 1.01 bits per heavy atom. The van der Waals surface area contributed by atoms with Gasteiger partial charge in [0.05, 0.1) is 23.9 Å². The van der Waals surface area contributed by atoms with Crippen molar-refractivity contribution in [3.63, 3.8) is 0 Å². The van der Waals surface area contributed by atoms with E-state index in [0.29, 0.717) is 42.7 Å². The van der Waals surface area contributed by atoms with Gasteiger partial charge in [0.25, 0.3) is 11.8 Å². The number of nitrogens with one attached hydrogen (secondary N) is 4. The first-order valence-corrected chi connectivity index (χ1v) is 22.9. The third kappa shape index (κ3) is 8.28. The fraction of sp³-hybridized carbons (Fsp3) is 0.429. The SMILES string of the molecule is COc1cc(C(=O)N2CCN(c3ccc4c(c3)CN(C3CCC(=O)NC3=O)C4=O)[C@H](C)C2)ccc1NC(=O)[C@@H]1N[C@@H](CC(C)(C)C)[C@@]2(CNc3cc(C(F)(F)F)ncc32)[C@H]1c1cccc(Cl)c1F. The molecule has 3 saturated heterocycles. The van der Waals surface area contributed by atoms with E-state index in [1.165, 1.54) is 24.3 Å². The van der Waals surface area contributed by atoms with Gasteiger partial charge in [-0.05, 0) is 84.8 Å². The molecular formula is C49H51ClF4N8O6. The number of methoxy groups -OCH3 is 1. The second-order valence-corrected chi connectivity index (χ2v) is 19.9. The first kappa shape index (κ1) is 46.8. The Morgan fingerprint density at radius 3 is 2.50 bits per heavy atom. The van der Waals surface area contributed by atoms with Crippen molar-refractivity contribution in [1.82, 2.24) is 25.4 Å². The summed E-state index contributed by atoms with van der Waals surface area (Å²) in [7, 11) is 1.41. The van der Waals surface area contributed by atoms with Gasteiger partial charge in [-0.15, -0.1) is 0 Å². The lowest BCUT2D eigenvalue weighted by Crippen LogP contribution is -2.53. The van der Waals surface area contributed by atoms with Crippen LogP contribution in [-0.4, -0.2) is 102 Å². The van der Waals surface area contributed by atoms with Crippen LogP contribution < -0.4 is 30.9 Å². The molecule has 1 spiro atoms. The minimum atomic E-state index is -4.71. The normalized spacial score (nSPS) is 24.8. The first-order chi connectivity index (χ1) is 32.2. The molecular weight excluding hydrogens is 908 g/mol. The molecule has 1 unspecified atom stereocenters. The van der Waals surface area contributed by atoms with Gasteiger partial charge in [0, 0.05) is 96.8 Å². The topological polar surface area (TPSA) is 165 Å². The first-order valence-electron chi connectivity index (χ1n) is 22.5. The molecule has 0 saturated carbocycles. The molecule has 6 atom stereocenters. The fourth-order valence-corrected chi connectivity index (χ4v) is 11.1. The Kier molecular flexibility index (Phi) is 12.0. The summed E-state index contributed by atoms with van der Waals surface area (Å²) in [6, 6.07) is 13.2. The molecule has 4 aromatic rings. The van der Waals surface area contributed by atoms with E-state index >= 15 is 4.39 Å². The summed E-state index contributed by atoms with van der Waals surface area (Å²) in [5, 5.41) is 11.7. The van der Waals surface area contributed by atoms with E-state index in [-0.39, 0.29) is 82.8 Å². The Bertz CT molecular complexity index is 2750. The number of amides is 5. The number of halogens is 5. The smallest absolute Gasteiger partial charge is 0.433 e. The maximum atomic E-state index is 16.3. The van der Waals surface area contributed by atoms with Crippen molar-refractivity contribution in [2.24, 2.45) is 5.41 Å². The second kappa shape index (κ2) is 17.4. The summed E-state index contributed by atoms with van der Waals surface area (Å²) < 4.78 is 63.7. The van der Waals surface area contributed by atoms with Gasteiger partial charge in [-0.25, -0.2) is 4.39 Å². The molecule has 1 aromatic heterocycles. The number of hydrogen-bond donors (Lipinski definition) is 4. The quantitative estimate of drug-likeness (QED) is 0.108. The molecule has 9 rings (SSSR count). The van der Waals surface area contributed by atoms with Gasteiger partial charge in [-0.1, -0.05) is 44.5 Å². The largest absolute Gasteiger partial charge is 0.495 e. The predicted octanol–water partition coefficient (Wildman–Crippen LogP) is 6.88. The molecule has 0 radical (unpaired) electrons. The standard InChI is InChI=1S/C49H51ClF4N8O6/c1-25-22-60(15-16-61(25)28-10-11-29-27(17-28)23-62(46(29)67)35-13-14-39(63)59-43(35)64)45(66)26-9-12-33(36(18-26)68-5)57-44(65)42-40(30-7-6-8-32(50)41(30)51)48(38(58-42)20-47(2,3)4)24-56-34-19-37(49(52,53)54)55-21-31(34)48/h6-12,17-19,21,25,35,38,40,42,56,58H,13-16,20,22-24H2,1-5H3,(H,57,65)(H,59,63,64)/t25-,35?,38+,40+,42-,48+/m1/s1. The van der Waals surface area contributed by atoms with E-state index in [0.717, 1.165) is 17.3 Å². The molecule has 3 fully saturated rings. The molecule has 68 heavy (non-hydrogen) atoms. The number of fused-ring (bicyclic) bond motifs is 3. The number of alkyl halides is 3. The molecule has 4 N–H and O–H groups in total. The highest BCUT2D eigenvalue weighted by Gasteiger charge is 2.62. The zero-order valence-corrected chi connectivity index (χ0v) is 38.8. The summed E-state index contributed by atoms with van der Waals surface area (Å²) in [6.07, 6.45) is -2.64. The second-order valence-electron chi connectivity index (χ2n) is 19.5. The van der Waals surface area contributed by atoms with Crippen LogP contribution in [-0.2, 0) is 32.5 Å². The van der Waals surface area contributed by atoms with Gasteiger partial charge in [-0.3, -0.25) is 34.3 Å². The highest BCUT2D eigenvalue weighted by atomic mass is 35.5. The lowest BCUT2D eigenvalue weighted by atomic mass is 9.63. The Balaban J connectivity index is 0.938. The molecule has 0 aliphatic carbocycles. The van der Waals surface area contributed by atoms with Crippen LogP contribution in [0.2, 0.25) is 5.02 Å². The van der Waals surface area contributed by atoms with Crippen LogP contribution in [0.1, 0.15) is 96.0 Å². The van der Waals surface area contributed by atoms with Crippen molar-refractivity contribution in [1.29, 1.82) is 0 Å². The Hall–Kier alpha value is -6.27. The third-order valence-corrected chi connectivity index (χ3v) is 14.3. The molecule has 5 aliphatic rings. The number of carbonyl (C=O) groups is 5. The van der Waals surface area contributed by atoms with Gasteiger partial charge >= 0.3 is 6.18 Å². The van der Waals surface area contributed by atoms with Crippen molar-refractivity contribution in [2.75, 3.05) is 48.8 Å². The van der Waals surface area contributed by atoms with E-state index < -0.39 is 59.0 Å². The minimum absolute atomic E-state index is 0.0754. The molecule has 5 aliphatic heterocycles. The van der Waals surface area contributed by atoms with Gasteiger partial charge in [0.2, 0.25) is 17.7 Å². The van der Waals surface area contributed by atoms with Crippen LogP contribution in [0.15, 0.2) is 66.9 Å². The number of carbonyl (C=O) groups excluding carboxylic acids is 5. The summed E-state index contributed by atoms with van der Waals surface area (Å²) in [5.74, 6) is -3.45. The molecule has 3 aromatic carbocycles. The molecule has 6 heterocycles. The van der Waals surface area contributed by atoms with Crippen molar-refractivity contribution in [3.8, 4) is 5.75 Å². The number of piperidine rings is 1. The molecule has 0 bridgehead atoms. The zero-order valence-electron chi connectivity index (χ0n) is 38.0. The number of imide groups is 1. The average Bonchev–Trinajstić information content (AvgIpc) is 3.94. The number of benzene rings is 3. The highest BCUT2D eigenvalue weighted by molar-refractivity contribution is 6.30. The van der Waals surface area contributed by atoms with Crippen LogP contribution in [0.3, 0.4) is 0 Å². The summed E-state index contributed by atoms with van der Waals surface area (Å²) in [4.78, 5) is 75.6. The number of ether oxygens (including phenoxy) is 1. The van der Waals surface area contributed by atoms with Crippen molar-refractivity contribution >= 4 is 58.2 Å². The lowest BCUT2D eigenvalue weighted by Gasteiger charge is -2.41. The summed E-state index contributed by atoms with van der Waals surface area (Å²) in [6.45, 7) is 9.57. The van der Waals surface area contributed by atoms with Crippen LogP contribution >= 0.6 is 11.6 Å². The van der Waals surface area contributed by atoms with Crippen LogP contribution in [0.5, 0.6) is 5.75 Å². The van der Waals surface area contributed by atoms with Crippen molar-refractivity contribution < 1.29 is 46.3 Å². The van der Waals surface area contributed by atoms with Crippen molar-refractivity contribution in [3.05, 3.63) is 111 Å². The van der Waals surface area contributed by atoms with Crippen molar-refractivity contribution in [2.45, 2.75) is 95.2 Å². The fourth-order valence-electron chi connectivity index (χ4n) is 10.9. The molecule has 19 heteroatoms. The van der Waals surface area contributed by atoms with E-state index in [1.807, 2.05) is 39.8 Å². The summed E-state index contributed by atoms with van der Waals surface area (Å²) in [5.41, 5.74) is 0.850. The third-order valence-electron chi connectivity index (χ3n) is 14.0. The predicted molar refractivity (Wildman–Crippen MR) is 245 cm³/mol. The van der Waals surface area contributed by atoms with Gasteiger partial charge in [-0.2, -0.15) is 13.2 Å². The van der Waals surface area contributed by atoms with Gasteiger partial charge in [0.15, 0.2) is 0 Å². The average molecular weight is 959 g/mol. The van der Waals surface area contributed by atoms with Crippen LogP contribution in [0, 0.1) is 11.2 Å². The van der Waals surface area contributed by atoms with E-state index in [9.17, 15) is 37.1 Å². The number of piperazine rings is 1. The Morgan fingerprint density at radius 2 is 1.79 bits per heavy atom. The number of anilines is 3. The lowest BCUT2D eigenvalue weighted by molar-refractivity contribution is -0.141. The highest BCUT2D eigenvalue weighted by Crippen LogP contribution is 2.57. The van der Waals surface area contributed by atoms with Gasteiger partial charge in [0.1, 0.15) is 23.3 Å². The minimum Gasteiger partial charge on any atom is -0.495 e. The number of nitrogens with zero attached hydrogens (tertiary/aromatic N) is 4. The molecule has 5 amide bonds. The number of aromatic nitrogens is 1. The molecule has 14 nitrogen and oxygen atoms in total. The van der Waals surface area contributed by atoms with Crippen LogP contribution in [0.25, 0.3) is 0 Å². The van der Waals surface area contributed by atoms with Gasteiger partial charge < -0.3 is 35.4 Å². The van der Waals surface area contributed by atoms with E-state index in [2.05, 4.69) is 31.2 Å². The zero-order chi connectivity index (χ0) is 48.6. The monoisotopic (exact) mass is 958 g/mol. The maximum Gasteiger partial charge on any atom is 0.433 e. The van der Waals surface area contributed by atoms with Crippen LogP contribution in [0.4, 0.5) is 34.6 Å². The van der Waals surface area contributed by atoms with E-state index in [1.54, 1.807) is 41.3 Å². The number of rotatable bonds is 8.